The van der Waals surface area contributed by atoms with E-state index in [1.807, 2.05) is 0 Å². The molecule has 0 radical (unpaired) electrons. The third-order valence-electron chi connectivity index (χ3n) is 3.29. The molecule has 0 bridgehead atoms. The Hall–Kier alpha value is -2.71. The molecular formula is C15H12Cl2N6O2. The standard InChI is InChI=1S/C15H12Cl2N6O2/c16-10-1-2-12(17)11(7-10)15(25)19-5-6-22-14(24)4-3-13(21-22)23-9-18-8-20-23/h1-4,7-9H,5-6H2,(H,19,25). The van der Waals surface area contributed by atoms with E-state index in [4.69, 9.17) is 23.2 Å². The molecule has 1 aromatic carbocycles. The first kappa shape index (κ1) is 17.1. The van der Waals surface area contributed by atoms with Crippen molar-refractivity contribution in [2.24, 2.45) is 0 Å². The molecule has 1 amide bonds. The van der Waals surface area contributed by atoms with Crippen LogP contribution in [0.25, 0.3) is 5.82 Å². The van der Waals surface area contributed by atoms with E-state index in [1.165, 1.54) is 40.2 Å². The van der Waals surface area contributed by atoms with Crippen LogP contribution in [-0.4, -0.2) is 37.0 Å². The number of nitrogens with one attached hydrogen (secondary N) is 1. The first-order valence-corrected chi connectivity index (χ1v) is 7.96. The van der Waals surface area contributed by atoms with Crippen LogP contribution in [0.15, 0.2) is 47.8 Å². The maximum absolute atomic E-state index is 12.2. The quantitative estimate of drug-likeness (QED) is 0.726. The van der Waals surface area contributed by atoms with Gasteiger partial charge in [0.05, 0.1) is 17.1 Å². The summed E-state index contributed by atoms with van der Waals surface area (Å²) in [5.41, 5.74) is -0.0234. The zero-order chi connectivity index (χ0) is 17.8. The summed E-state index contributed by atoms with van der Waals surface area (Å²) >= 11 is 11.9. The van der Waals surface area contributed by atoms with Crippen molar-refractivity contribution in [1.82, 2.24) is 29.9 Å². The van der Waals surface area contributed by atoms with Gasteiger partial charge in [0.15, 0.2) is 5.82 Å². The molecule has 2 aromatic heterocycles. The molecule has 0 aliphatic rings. The Kier molecular flexibility index (Phi) is 5.11. The zero-order valence-corrected chi connectivity index (χ0v) is 14.3. The van der Waals surface area contributed by atoms with Crippen LogP contribution in [0.1, 0.15) is 10.4 Å². The fourth-order valence-electron chi connectivity index (χ4n) is 2.09. The number of aromatic nitrogens is 5. The second-order valence-corrected chi connectivity index (χ2v) is 5.82. The van der Waals surface area contributed by atoms with Crippen LogP contribution >= 0.6 is 23.2 Å². The predicted molar refractivity (Wildman–Crippen MR) is 92.2 cm³/mol. The van der Waals surface area contributed by atoms with E-state index in [0.29, 0.717) is 15.9 Å². The van der Waals surface area contributed by atoms with Gasteiger partial charge in [-0.15, -0.1) is 5.10 Å². The van der Waals surface area contributed by atoms with Crippen LogP contribution in [0.5, 0.6) is 0 Å². The van der Waals surface area contributed by atoms with E-state index in [0.717, 1.165) is 0 Å². The molecule has 128 valence electrons. The Bertz CT molecular complexity index is 955. The molecule has 0 unspecified atom stereocenters. The summed E-state index contributed by atoms with van der Waals surface area (Å²) in [5.74, 6) is 0.0642. The van der Waals surface area contributed by atoms with E-state index >= 15 is 0 Å². The van der Waals surface area contributed by atoms with Gasteiger partial charge in [0, 0.05) is 17.6 Å². The minimum atomic E-state index is -0.382. The highest BCUT2D eigenvalue weighted by Gasteiger charge is 2.11. The Morgan fingerprint density at radius 3 is 2.80 bits per heavy atom. The van der Waals surface area contributed by atoms with Crippen LogP contribution in [0.2, 0.25) is 10.0 Å². The SMILES string of the molecule is O=C(NCCn1nc(-n2cncn2)ccc1=O)c1cc(Cl)ccc1Cl. The van der Waals surface area contributed by atoms with E-state index in [1.54, 1.807) is 12.1 Å². The van der Waals surface area contributed by atoms with Crippen molar-refractivity contribution in [1.29, 1.82) is 0 Å². The van der Waals surface area contributed by atoms with Gasteiger partial charge in [-0.25, -0.2) is 14.3 Å². The van der Waals surface area contributed by atoms with Crippen molar-refractivity contribution in [3.8, 4) is 5.82 Å². The fraction of sp³-hybridized carbons (Fsp3) is 0.133. The molecule has 2 heterocycles. The van der Waals surface area contributed by atoms with Crippen molar-refractivity contribution < 1.29 is 4.79 Å². The number of hydrogen-bond acceptors (Lipinski definition) is 5. The molecule has 0 atom stereocenters. The van der Waals surface area contributed by atoms with Gasteiger partial charge in [0.2, 0.25) is 0 Å². The van der Waals surface area contributed by atoms with Gasteiger partial charge >= 0.3 is 0 Å². The van der Waals surface area contributed by atoms with Crippen LogP contribution in [0, 0.1) is 0 Å². The molecule has 3 aromatic rings. The molecule has 0 saturated carbocycles. The highest BCUT2D eigenvalue weighted by atomic mass is 35.5. The summed E-state index contributed by atoms with van der Waals surface area (Å²) in [4.78, 5) is 27.9. The second-order valence-electron chi connectivity index (χ2n) is 4.97. The lowest BCUT2D eigenvalue weighted by molar-refractivity contribution is 0.0952. The maximum atomic E-state index is 12.2. The van der Waals surface area contributed by atoms with E-state index in [2.05, 4.69) is 20.5 Å². The third-order valence-corrected chi connectivity index (χ3v) is 3.85. The van der Waals surface area contributed by atoms with Crippen molar-refractivity contribution in [3.63, 3.8) is 0 Å². The number of hydrogen-bond donors (Lipinski definition) is 1. The molecule has 0 aliphatic carbocycles. The molecule has 0 saturated heterocycles. The number of carbonyl (C=O) groups is 1. The molecule has 1 N–H and O–H groups in total. The van der Waals surface area contributed by atoms with Crippen LogP contribution < -0.4 is 10.9 Å². The number of halogens is 2. The van der Waals surface area contributed by atoms with Gasteiger partial charge in [-0.1, -0.05) is 23.2 Å². The summed E-state index contributed by atoms with van der Waals surface area (Å²) in [5, 5.41) is 11.5. The first-order chi connectivity index (χ1) is 12.0. The molecule has 0 aliphatic heterocycles. The van der Waals surface area contributed by atoms with Crippen molar-refractivity contribution in [3.05, 3.63) is 68.9 Å². The molecule has 25 heavy (non-hydrogen) atoms. The predicted octanol–water partition coefficient (Wildman–Crippen LogP) is 1.56. The third kappa shape index (κ3) is 4.04. The Morgan fingerprint density at radius 1 is 1.20 bits per heavy atom. The van der Waals surface area contributed by atoms with Gasteiger partial charge in [-0.2, -0.15) is 5.10 Å². The summed E-state index contributed by atoms with van der Waals surface area (Å²) in [6, 6.07) is 7.54. The van der Waals surface area contributed by atoms with Gasteiger partial charge < -0.3 is 5.32 Å². The lowest BCUT2D eigenvalue weighted by Gasteiger charge is -2.09. The van der Waals surface area contributed by atoms with E-state index in [-0.39, 0.29) is 30.1 Å². The van der Waals surface area contributed by atoms with Crippen molar-refractivity contribution in [2.75, 3.05) is 6.54 Å². The molecule has 10 heteroatoms. The Balaban J connectivity index is 1.68. The molecule has 3 rings (SSSR count). The van der Waals surface area contributed by atoms with E-state index < -0.39 is 0 Å². The largest absolute Gasteiger partial charge is 0.350 e. The number of benzene rings is 1. The Morgan fingerprint density at radius 2 is 2.04 bits per heavy atom. The highest BCUT2D eigenvalue weighted by Crippen LogP contribution is 2.20. The number of rotatable bonds is 5. The average molecular weight is 379 g/mol. The summed E-state index contributed by atoms with van der Waals surface area (Å²) < 4.78 is 2.66. The van der Waals surface area contributed by atoms with Crippen molar-refractivity contribution in [2.45, 2.75) is 6.54 Å². The lowest BCUT2D eigenvalue weighted by atomic mass is 10.2. The lowest BCUT2D eigenvalue weighted by Crippen LogP contribution is -2.32. The minimum Gasteiger partial charge on any atom is -0.350 e. The van der Waals surface area contributed by atoms with Gasteiger partial charge in [-0.3, -0.25) is 9.59 Å². The van der Waals surface area contributed by atoms with Gasteiger partial charge in [0.1, 0.15) is 12.7 Å². The van der Waals surface area contributed by atoms with Gasteiger partial charge in [-0.05, 0) is 24.3 Å². The molecule has 0 fully saturated rings. The van der Waals surface area contributed by atoms with Gasteiger partial charge in [0.25, 0.3) is 11.5 Å². The number of carbonyl (C=O) groups excluding carboxylic acids is 1. The Labute approximate surface area is 152 Å². The normalized spacial score (nSPS) is 10.6. The highest BCUT2D eigenvalue weighted by molar-refractivity contribution is 6.35. The topological polar surface area (TPSA) is 94.7 Å². The van der Waals surface area contributed by atoms with Crippen LogP contribution in [0.3, 0.4) is 0 Å². The summed E-state index contributed by atoms with van der Waals surface area (Å²) in [6.07, 6.45) is 2.84. The first-order valence-electron chi connectivity index (χ1n) is 7.21. The molecule has 0 spiro atoms. The van der Waals surface area contributed by atoms with Crippen molar-refractivity contribution >= 4 is 29.1 Å². The average Bonchev–Trinajstić information content (AvgIpc) is 3.13. The molecular weight excluding hydrogens is 367 g/mol. The summed E-state index contributed by atoms with van der Waals surface area (Å²) in [7, 11) is 0. The summed E-state index contributed by atoms with van der Waals surface area (Å²) in [6.45, 7) is 0.376. The fourth-order valence-corrected chi connectivity index (χ4v) is 2.46. The second kappa shape index (κ2) is 7.45. The maximum Gasteiger partial charge on any atom is 0.266 e. The smallest absolute Gasteiger partial charge is 0.266 e. The zero-order valence-electron chi connectivity index (χ0n) is 12.8. The van der Waals surface area contributed by atoms with E-state index in [9.17, 15) is 9.59 Å². The number of amides is 1. The monoisotopic (exact) mass is 378 g/mol. The van der Waals surface area contributed by atoms with Crippen LogP contribution in [-0.2, 0) is 6.54 Å². The van der Waals surface area contributed by atoms with Crippen LogP contribution in [0.4, 0.5) is 0 Å². The minimum absolute atomic E-state index is 0.186. The number of nitrogens with zero attached hydrogens (tertiary/aromatic N) is 5. The molecule has 8 nitrogen and oxygen atoms in total.